The van der Waals surface area contributed by atoms with Crippen molar-refractivity contribution in [2.45, 2.75) is 18.8 Å². The van der Waals surface area contributed by atoms with Crippen LogP contribution in [0.15, 0.2) is 60.9 Å². The third-order valence-electron chi connectivity index (χ3n) is 5.13. The molecule has 4 N–H and O–H groups in total. The lowest BCUT2D eigenvalue weighted by Crippen LogP contribution is -2.34. The molecular weight excluding hydrogens is 322 g/mol. The lowest BCUT2D eigenvalue weighted by Gasteiger charge is -2.33. The maximum absolute atomic E-state index is 6.02. The summed E-state index contributed by atoms with van der Waals surface area (Å²) < 4.78 is 0. The van der Waals surface area contributed by atoms with E-state index in [1.807, 2.05) is 18.2 Å². The summed E-state index contributed by atoms with van der Waals surface area (Å²) in [6.45, 7) is 1.93. The molecular formula is C21H23N5. The van der Waals surface area contributed by atoms with Crippen LogP contribution in [0.3, 0.4) is 0 Å². The van der Waals surface area contributed by atoms with Gasteiger partial charge in [0.15, 0.2) is 0 Å². The fourth-order valence-corrected chi connectivity index (χ4v) is 3.70. The standard InChI is InChI=1S/C21H23N5/c22-19-7-6-16(14-20(19)23)18-5-2-1-4-17(18)15-8-12-26(13-9-15)21-24-10-3-11-25-21/h1-7,10-11,14-15H,8-9,12-13,22-23H2. The third kappa shape index (κ3) is 3.20. The monoisotopic (exact) mass is 345 g/mol. The van der Waals surface area contributed by atoms with E-state index in [2.05, 4.69) is 45.2 Å². The van der Waals surface area contributed by atoms with Gasteiger partial charge in [-0.3, -0.25) is 0 Å². The van der Waals surface area contributed by atoms with Gasteiger partial charge in [0, 0.05) is 25.5 Å². The number of anilines is 3. The number of nitrogens with two attached hydrogens (primary N) is 2. The Morgan fingerprint density at radius 3 is 2.31 bits per heavy atom. The summed E-state index contributed by atoms with van der Waals surface area (Å²) in [5.74, 6) is 1.34. The van der Waals surface area contributed by atoms with Gasteiger partial charge in [0.1, 0.15) is 0 Å². The number of benzene rings is 2. The molecule has 5 heteroatoms. The number of hydrogen-bond acceptors (Lipinski definition) is 5. The van der Waals surface area contributed by atoms with Crippen molar-refractivity contribution in [2.24, 2.45) is 0 Å². The Balaban J connectivity index is 1.57. The van der Waals surface area contributed by atoms with Gasteiger partial charge in [-0.05, 0) is 53.6 Å². The molecule has 0 atom stereocenters. The molecule has 1 aliphatic rings. The second-order valence-electron chi connectivity index (χ2n) is 6.74. The molecule has 3 aromatic rings. The van der Waals surface area contributed by atoms with Gasteiger partial charge in [-0.25, -0.2) is 9.97 Å². The first-order valence-electron chi connectivity index (χ1n) is 8.98. The molecule has 0 saturated carbocycles. The minimum atomic E-state index is 0.518. The Morgan fingerprint density at radius 2 is 1.58 bits per heavy atom. The smallest absolute Gasteiger partial charge is 0.225 e. The lowest BCUT2D eigenvalue weighted by molar-refractivity contribution is 0.500. The Morgan fingerprint density at radius 1 is 0.846 bits per heavy atom. The van der Waals surface area contributed by atoms with Crippen LogP contribution in [0.25, 0.3) is 11.1 Å². The molecule has 2 heterocycles. The van der Waals surface area contributed by atoms with E-state index in [9.17, 15) is 0 Å². The maximum Gasteiger partial charge on any atom is 0.225 e. The fourth-order valence-electron chi connectivity index (χ4n) is 3.70. The average Bonchev–Trinajstić information content (AvgIpc) is 2.71. The summed E-state index contributed by atoms with van der Waals surface area (Å²) in [5.41, 5.74) is 16.9. The zero-order chi connectivity index (χ0) is 17.9. The third-order valence-corrected chi connectivity index (χ3v) is 5.13. The summed E-state index contributed by atoms with van der Waals surface area (Å²) in [6, 6.07) is 16.4. The fraction of sp³-hybridized carbons (Fsp3) is 0.238. The molecule has 0 aliphatic carbocycles. The van der Waals surface area contributed by atoms with Gasteiger partial charge in [0.25, 0.3) is 0 Å². The molecule has 0 bridgehead atoms. The lowest BCUT2D eigenvalue weighted by atomic mass is 9.84. The molecule has 1 aromatic heterocycles. The number of hydrogen-bond donors (Lipinski definition) is 2. The number of nitrogens with zero attached hydrogens (tertiary/aromatic N) is 3. The highest BCUT2D eigenvalue weighted by molar-refractivity contribution is 5.76. The molecule has 4 rings (SSSR count). The van der Waals surface area contributed by atoms with E-state index in [0.717, 1.165) is 37.4 Å². The van der Waals surface area contributed by atoms with E-state index in [1.54, 1.807) is 12.4 Å². The van der Waals surface area contributed by atoms with Gasteiger partial charge in [0.05, 0.1) is 11.4 Å². The summed E-state index contributed by atoms with van der Waals surface area (Å²) >= 11 is 0. The molecule has 0 spiro atoms. The molecule has 26 heavy (non-hydrogen) atoms. The van der Waals surface area contributed by atoms with E-state index < -0.39 is 0 Å². The Bertz CT molecular complexity index is 886. The molecule has 0 amide bonds. The van der Waals surface area contributed by atoms with Gasteiger partial charge in [-0.2, -0.15) is 0 Å². The second kappa shape index (κ2) is 7.04. The normalized spacial score (nSPS) is 15.2. The van der Waals surface area contributed by atoms with Crippen LogP contribution in [0.5, 0.6) is 0 Å². The van der Waals surface area contributed by atoms with Gasteiger partial charge >= 0.3 is 0 Å². The molecule has 0 unspecified atom stereocenters. The highest BCUT2D eigenvalue weighted by atomic mass is 15.2. The molecule has 0 radical (unpaired) electrons. The van der Waals surface area contributed by atoms with E-state index >= 15 is 0 Å². The Kier molecular flexibility index (Phi) is 4.44. The largest absolute Gasteiger partial charge is 0.397 e. The van der Waals surface area contributed by atoms with Crippen LogP contribution in [0.1, 0.15) is 24.3 Å². The summed E-state index contributed by atoms with van der Waals surface area (Å²) in [5, 5.41) is 0. The minimum Gasteiger partial charge on any atom is -0.397 e. The minimum absolute atomic E-state index is 0.518. The van der Waals surface area contributed by atoms with E-state index in [1.165, 1.54) is 11.1 Å². The Hall–Kier alpha value is -3.08. The number of piperidine rings is 1. The molecule has 2 aromatic carbocycles. The van der Waals surface area contributed by atoms with Crippen LogP contribution < -0.4 is 16.4 Å². The zero-order valence-corrected chi connectivity index (χ0v) is 14.7. The van der Waals surface area contributed by atoms with Crippen molar-refractivity contribution in [1.82, 2.24) is 9.97 Å². The predicted octanol–water partition coefficient (Wildman–Crippen LogP) is 3.69. The first-order valence-corrected chi connectivity index (χ1v) is 8.98. The molecule has 1 aliphatic heterocycles. The Labute approximate surface area is 153 Å². The van der Waals surface area contributed by atoms with Crippen molar-refractivity contribution in [1.29, 1.82) is 0 Å². The quantitative estimate of drug-likeness (QED) is 0.708. The van der Waals surface area contributed by atoms with Crippen molar-refractivity contribution in [3.8, 4) is 11.1 Å². The summed E-state index contributed by atoms with van der Waals surface area (Å²) in [4.78, 5) is 11.0. The zero-order valence-electron chi connectivity index (χ0n) is 14.7. The van der Waals surface area contributed by atoms with E-state index in [4.69, 9.17) is 11.5 Å². The van der Waals surface area contributed by atoms with Gasteiger partial charge in [-0.1, -0.05) is 30.3 Å². The first-order chi connectivity index (χ1) is 12.7. The highest BCUT2D eigenvalue weighted by Crippen LogP contribution is 2.36. The number of aromatic nitrogens is 2. The first kappa shape index (κ1) is 16.4. The van der Waals surface area contributed by atoms with Crippen molar-refractivity contribution in [2.75, 3.05) is 29.5 Å². The van der Waals surface area contributed by atoms with Crippen LogP contribution in [0.4, 0.5) is 17.3 Å². The van der Waals surface area contributed by atoms with Crippen molar-refractivity contribution < 1.29 is 0 Å². The maximum atomic E-state index is 6.02. The van der Waals surface area contributed by atoms with Gasteiger partial charge in [-0.15, -0.1) is 0 Å². The van der Waals surface area contributed by atoms with E-state index in [0.29, 0.717) is 17.3 Å². The number of nitrogen functional groups attached to an aromatic ring is 2. The van der Waals surface area contributed by atoms with Crippen LogP contribution in [0, 0.1) is 0 Å². The van der Waals surface area contributed by atoms with Crippen LogP contribution in [-0.4, -0.2) is 23.1 Å². The predicted molar refractivity (Wildman–Crippen MR) is 107 cm³/mol. The van der Waals surface area contributed by atoms with E-state index in [-0.39, 0.29) is 0 Å². The average molecular weight is 345 g/mol. The van der Waals surface area contributed by atoms with Crippen LogP contribution >= 0.6 is 0 Å². The summed E-state index contributed by atoms with van der Waals surface area (Å²) in [7, 11) is 0. The topological polar surface area (TPSA) is 81.1 Å². The van der Waals surface area contributed by atoms with Crippen molar-refractivity contribution >= 4 is 17.3 Å². The second-order valence-corrected chi connectivity index (χ2v) is 6.74. The SMILES string of the molecule is Nc1ccc(-c2ccccc2C2CCN(c3ncccn3)CC2)cc1N. The summed E-state index contributed by atoms with van der Waals surface area (Å²) in [6.07, 6.45) is 5.77. The molecule has 5 nitrogen and oxygen atoms in total. The van der Waals surface area contributed by atoms with Crippen LogP contribution in [-0.2, 0) is 0 Å². The molecule has 1 saturated heterocycles. The van der Waals surface area contributed by atoms with Crippen molar-refractivity contribution in [3.63, 3.8) is 0 Å². The number of rotatable bonds is 3. The highest BCUT2D eigenvalue weighted by Gasteiger charge is 2.24. The van der Waals surface area contributed by atoms with Gasteiger partial charge in [0.2, 0.25) is 5.95 Å². The van der Waals surface area contributed by atoms with Gasteiger partial charge < -0.3 is 16.4 Å². The van der Waals surface area contributed by atoms with Crippen LogP contribution in [0.2, 0.25) is 0 Å². The molecule has 132 valence electrons. The molecule has 1 fully saturated rings. The van der Waals surface area contributed by atoms with Crippen molar-refractivity contribution in [3.05, 3.63) is 66.5 Å².